The monoisotopic (exact) mass is 147 g/mol. The molecule has 2 rings (SSSR count). The molecule has 0 saturated carbocycles. The van der Waals surface area contributed by atoms with Crippen LogP contribution in [0, 0.1) is 6.07 Å². The van der Waals surface area contributed by atoms with Gasteiger partial charge in [-0.1, -0.05) is 6.07 Å². The molecule has 1 radical (unpaired) electrons. The first kappa shape index (κ1) is 6.71. The Morgan fingerprint density at radius 2 is 2.09 bits per heavy atom. The van der Waals surface area contributed by atoms with E-state index in [9.17, 15) is 5.11 Å². The highest BCUT2D eigenvalue weighted by molar-refractivity contribution is 5.39. The topological polar surface area (TPSA) is 20.2 Å². The largest absolute Gasteiger partial charge is 0.508 e. The maximum absolute atomic E-state index is 9.44. The molecule has 0 spiro atoms. The van der Waals surface area contributed by atoms with Crippen molar-refractivity contribution in [2.24, 2.45) is 0 Å². The van der Waals surface area contributed by atoms with Gasteiger partial charge in [0.05, 0.1) is 0 Å². The second kappa shape index (κ2) is 2.57. The third kappa shape index (κ3) is 1.11. The molecule has 0 fully saturated rings. The molecule has 57 valence electrons. The molecule has 1 heteroatoms. The van der Waals surface area contributed by atoms with Gasteiger partial charge in [-0.3, -0.25) is 0 Å². The molecule has 0 atom stereocenters. The van der Waals surface area contributed by atoms with Gasteiger partial charge in [-0.2, -0.15) is 0 Å². The van der Waals surface area contributed by atoms with Crippen LogP contribution in [-0.4, -0.2) is 5.11 Å². The second-order valence-electron chi connectivity index (χ2n) is 3.03. The average molecular weight is 147 g/mol. The zero-order chi connectivity index (χ0) is 7.68. The molecule has 0 aliphatic heterocycles. The summed E-state index contributed by atoms with van der Waals surface area (Å²) in [7, 11) is 0. The zero-order valence-electron chi connectivity index (χ0n) is 6.43. The normalized spacial score (nSPS) is 16.0. The molecule has 1 aromatic carbocycles. The van der Waals surface area contributed by atoms with Crippen LogP contribution in [-0.2, 0) is 12.8 Å². The summed E-state index contributed by atoms with van der Waals surface area (Å²) in [5.41, 5.74) is 2.34. The summed E-state index contributed by atoms with van der Waals surface area (Å²) in [6.45, 7) is 0. The van der Waals surface area contributed by atoms with Gasteiger partial charge in [-0.25, -0.2) is 0 Å². The van der Waals surface area contributed by atoms with E-state index in [0.29, 0.717) is 5.75 Å². The maximum Gasteiger partial charge on any atom is 0.119 e. The summed E-state index contributed by atoms with van der Waals surface area (Å²) in [4.78, 5) is 0. The van der Waals surface area contributed by atoms with Gasteiger partial charge >= 0.3 is 0 Å². The molecule has 0 unspecified atom stereocenters. The van der Waals surface area contributed by atoms with Crippen molar-refractivity contribution in [1.82, 2.24) is 0 Å². The fourth-order valence-electron chi connectivity index (χ4n) is 1.67. The van der Waals surface area contributed by atoms with Crippen LogP contribution >= 0.6 is 0 Å². The Labute approximate surface area is 66.7 Å². The second-order valence-corrected chi connectivity index (χ2v) is 3.03. The molecule has 0 heterocycles. The molecular weight excluding hydrogens is 136 g/mol. The highest BCUT2D eigenvalue weighted by Crippen LogP contribution is 2.27. The molecule has 11 heavy (non-hydrogen) atoms. The van der Waals surface area contributed by atoms with Crippen LogP contribution in [0.1, 0.15) is 24.0 Å². The van der Waals surface area contributed by atoms with Crippen LogP contribution in [0.25, 0.3) is 0 Å². The predicted octanol–water partition coefficient (Wildman–Crippen LogP) is 2.07. The van der Waals surface area contributed by atoms with Crippen LogP contribution in [0.3, 0.4) is 0 Å². The number of hydrogen-bond donors (Lipinski definition) is 1. The number of fused-ring (bicyclic) bond motifs is 1. The van der Waals surface area contributed by atoms with Gasteiger partial charge in [0.25, 0.3) is 0 Å². The number of aryl methyl sites for hydroxylation is 1. The van der Waals surface area contributed by atoms with Crippen molar-refractivity contribution in [3.8, 4) is 5.75 Å². The van der Waals surface area contributed by atoms with Crippen LogP contribution in [0.15, 0.2) is 12.1 Å². The third-order valence-corrected chi connectivity index (χ3v) is 2.28. The minimum Gasteiger partial charge on any atom is -0.508 e. The molecular formula is C10H11O. The first-order valence-corrected chi connectivity index (χ1v) is 4.09. The van der Waals surface area contributed by atoms with E-state index >= 15 is 0 Å². The highest BCUT2D eigenvalue weighted by atomic mass is 16.3. The molecule has 0 amide bonds. The van der Waals surface area contributed by atoms with Crippen molar-refractivity contribution in [1.29, 1.82) is 0 Å². The highest BCUT2D eigenvalue weighted by Gasteiger charge is 2.11. The van der Waals surface area contributed by atoms with Gasteiger partial charge in [0.15, 0.2) is 0 Å². The SMILES string of the molecule is Oc1cc[c]c2c1CCCC2. The standard InChI is InChI=1S/C10H11O/c11-10-7-3-5-8-4-1-2-6-9(8)10/h3,7,11H,1-2,4,6H2. The number of hydrogen-bond acceptors (Lipinski definition) is 1. The number of phenols is 1. The molecule has 0 aromatic heterocycles. The number of benzene rings is 1. The Morgan fingerprint density at radius 1 is 1.27 bits per heavy atom. The first-order valence-electron chi connectivity index (χ1n) is 4.09. The summed E-state index contributed by atoms with van der Waals surface area (Å²) in [5, 5.41) is 9.44. The Bertz CT molecular complexity index is 266. The van der Waals surface area contributed by atoms with Crippen molar-refractivity contribution < 1.29 is 5.11 Å². The molecule has 1 N–H and O–H groups in total. The minimum atomic E-state index is 0.457. The van der Waals surface area contributed by atoms with Gasteiger partial charge < -0.3 is 5.11 Å². The summed E-state index contributed by atoms with van der Waals surface area (Å²) < 4.78 is 0. The summed E-state index contributed by atoms with van der Waals surface area (Å²) in [6, 6.07) is 6.70. The fourth-order valence-corrected chi connectivity index (χ4v) is 1.67. The van der Waals surface area contributed by atoms with Crippen molar-refractivity contribution >= 4 is 0 Å². The van der Waals surface area contributed by atoms with E-state index in [0.717, 1.165) is 18.4 Å². The van der Waals surface area contributed by atoms with Crippen LogP contribution in [0.4, 0.5) is 0 Å². The van der Waals surface area contributed by atoms with Gasteiger partial charge in [-0.15, -0.1) is 0 Å². The smallest absolute Gasteiger partial charge is 0.119 e. The Morgan fingerprint density at radius 3 is 2.91 bits per heavy atom. The Balaban J connectivity index is 2.49. The van der Waals surface area contributed by atoms with E-state index < -0.39 is 0 Å². The Kier molecular flexibility index (Phi) is 1.57. The van der Waals surface area contributed by atoms with E-state index in [2.05, 4.69) is 6.07 Å². The van der Waals surface area contributed by atoms with E-state index in [1.165, 1.54) is 18.4 Å². The fraction of sp³-hybridized carbons (Fsp3) is 0.400. The number of phenolic OH excluding ortho intramolecular Hbond substituents is 1. The van der Waals surface area contributed by atoms with Gasteiger partial charge in [0, 0.05) is 0 Å². The summed E-state index contributed by atoms with van der Waals surface area (Å²) >= 11 is 0. The lowest BCUT2D eigenvalue weighted by Gasteiger charge is -2.15. The third-order valence-electron chi connectivity index (χ3n) is 2.28. The molecule has 1 nitrogen and oxygen atoms in total. The Hall–Kier alpha value is -0.980. The minimum absolute atomic E-state index is 0.457. The lowest BCUT2D eigenvalue weighted by Crippen LogP contribution is -2.02. The maximum atomic E-state index is 9.44. The summed E-state index contributed by atoms with van der Waals surface area (Å²) in [6.07, 6.45) is 4.56. The predicted molar refractivity (Wildman–Crippen MR) is 43.6 cm³/mol. The van der Waals surface area contributed by atoms with Gasteiger partial charge in [0.2, 0.25) is 0 Å². The quantitative estimate of drug-likeness (QED) is 0.595. The van der Waals surface area contributed by atoms with Crippen molar-refractivity contribution in [3.63, 3.8) is 0 Å². The van der Waals surface area contributed by atoms with E-state index in [1.54, 1.807) is 12.1 Å². The molecule has 1 aliphatic carbocycles. The zero-order valence-corrected chi connectivity index (χ0v) is 6.43. The van der Waals surface area contributed by atoms with E-state index in [1.807, 2.05) is 0 Å². The van der Waals surface area contributed by atoms with Gasteiger partial charge in [-0.05, 0) is 48.9 Å². The van der Waals surface area contributed by atoms with E-state index in [-0.39, 0.29) is 0 Å². The molecule has 0 bridgehead atoms. The van der Waals surface area contributed by atoms with Gasteiger partial charge in [0.1, 0.15) is 5.75 Å². The molecule has 1 aromatic rings. The van der Waals surface area contributed by atoms with Crippen molar-refractivity contribution in [2.45, 2.75) is 25.7 Å². The van der Waals surface area contributed by atoms with Crippen LogP contribution < -0.4 is 0 Å². The van der Waals surface area contributed by atoms with E-state index in [4.69, 9.17) is 0 Å². The first-order chi connectivity index (χ1) is 5.38. The van der Waals surface area contributed by atoms with Crippen LogP contribution in [0.5, 0.6) is 5.75 Å². The van der Waals surface area contributed by atoms with Crippen LogP contribution in [0.2, 0.25) is 0 Å². The van der Waals surface area contributed by atoms with Crippen molar-refractivity contribution in [3.05, 3.63) is 29.3 Å². The lowest BCUT2D eigenvalue weighted by molar-refractivity contribution is 0.462. The number of rotatable bonds is 0. The average Bonchev–Trinajstić information content (AvgIpc) is 2.06. The summed E-state index contributed by atoms with van der Waals surface area (Å²) in [5.74, 6) is 0.457. The lowest BCUT2D eigenvalue weighted by atomic mass is 9.91. The molecule has 0 saturated heterocycles. The van der Waals surface area contributed by atoms with Crippen molar-refractivity contribution in [2.75, 3.05) is 0 Å². The number of aromatic hydroxyl groups is 1. The molecule has 1 aliphatic rings.